The molecule has 27 heavy (non-hydrogen) atoms. The summed E-state index contributed by atoms with van der Waals surface area (Å²) in [6.45, 7) is 3.93. The van der Waals surface area contributed by atoms with Crippen molar-refractivity contribution in [1.29, 1.82) is 0 Å². The van der Waals surface area contributed by atoms with Crippen molar-refractivity contribution in [3.8, 4) is 11.3 Å². The van der Waals surface area contributed by atoms with Crippen molar-refractivity contribution in [1.82, 2.24) is 24.6 Å². The third kappa shape index (κ3) is 4.31. The van der Waals surface area contributed by atoms with E-state index in [2.05, 4.69) is 15.1 Å². The highest BCUT2D eigenvalue weighted by Gasteiger charge is 2.15. The molecular formula is C20H24N6O. The number of hydrogen-bond donors (Lipinski definition) is 0. The van der Waals surface area contributed by atoms with Gasteiger partial charge in [0.1, 0.15) is 5.69 Å². The average Bonchev–Trinajstić information content (AvgIpc) is 3.22. The number of nitrogens with zero attached hydrogens (tertiary/aromatic N) is 6. The van der Waals surface area contributed by atoms with Crippen LogP contribution in [0.1, 0.15) is 17.3 Å². The Labute approximate surface area is 159 Å². The Hall–Kier alpha value is -3.22. The molecule has 0 saturated heterocycles. The zero-order valence-corrected chi connectivity index (χ0v) is 15.9. The molecular weight excluding hydrogens is 340 g/mol. The van der Waals surface area contributed by atoms with Crippen molar-refractivity contribution in [3.63, 3.8) is 0 Å². The van der Waals surface area contributed by atoms with Gasteiger partial charge >= 0.3 is 0 Å². The smallest absolute Gasteiger partial charge is 0.253 e. The van der Waals surface area contributed by atoms with Crippen molar-refractivity contribution < 1.29 is 4.79 Å². The summed E-state index contributed by atoms with van der Waals surface area (Å²) < 4.78 is 1.83. The number of carbonyl (C=O) groups excluding carboxylic acids is 1. The summed E-state index contributed by atoms with van der Waals surface area (Å²) in [6.07, 6.45) is 6.99. The van der Waals surface area contributed by atoms with Crippen molar-refractivity contribution in [3.05, 3.63) is 60.7 Å². The minimum Gasteiger partial charge on any atom is -0.361 e. The quantitative estimate of drug-likeness (QED) is 0.645. The minimum atomic E-state index is 0.0168. The highest BCUT2D eigenvalue weighted by molar-refractivity contribution is 5.94. The molecule has 0 atom stereocenters. The molecule has 0 N–H and O–H groups in total. The lowest BCUT2D eigenvalue weighted by atomic mass is 10.1. The molecule has 0 saturated carbocycles. The van der Waals surface area contributed by atoms with Crippen LogP contribution in [0.15, 0.2) is 55.1 Å². The van der Waals surface area contributed by atoms with Gasteiger partial charge in [-0.1, -0.05) is 12.1 Å². The van der Waals surface area contributed by atoms with Gasteiger partial charge in [-0.3, -0.25) is 14.5 Å². The number of amides is 1. The highest BCUT2D eigenvalue weighted by atomic mass is 16.2. The third-order valence-electron chi connectivity index (χ3n) is 4.33. The van der Waals surface area contributed by atoms with Gasteiger partial charge in [-0.15, -0.1) is 0 Å². The summed E-state index contributed by atoms with van der Waals surface area (Å²) in [4.78, 5) is 25.4. The lowest BCUT2D eigenvalue weighted by Crippen LogP contribution is -2.33. The Morgan fingerprint density at radius 2 is 1.81 bits per heavy atom. The summed E-state index contributed by atoms with van der Waals surface area (Å²) in [5.74, 6) is 0.814. The maximum atomic E-state index is 12.8. The Kier molecular flexibility index (Phi) is 5.80. The van der Waals surface area contributed by atoms with Gasteiger partial charge in [0.2, 0.25) is 0 Å². The van der Waals surface area contributed by atoms with Crippen molar-refractivity contribution in [2.45, 2.75) is 13.5 Å². The first-order valence-electron chi connectivity index (χ1n) is 8.95. The van der Waals surface area contributed by atoms with Gasteiger partial charge in [0, 0.05) is 63.1 Å². The fraction of sp³-hybridized carbons (Fsp3) is 0.300. The lowest BCUT2D eigenvalue weighted by molar-refractivity contribution is 0.0757. The monoisotopic (exact) mass is 364 g/mol. The molecule has 0 spiro atoms. The molecule has 0 aliphatic heterocycles. The lowest BCUT2D eigenvalue weighted by Gasteiger charge is -2.21. The predicted molar refractivity (Wildman–Crippen MR) is 106 cm³/mol. The summed E-state index contributed by atoms with van der Waals surface area (Å²) in [7, 11) is 3.87. The topological polar surface area (TPSA) is 67.2 Å². The highest BCUT2D eigenvalue weighted by Crippen LogP contribution is 2.25. The Balaban J connectivity index is 1.75. The Bertz CT molecular complexity index is 874. The van der Waals surface area contributed by atoms with E-state index in [0.717, 1.165) is 17.1 Å². The number of likely N-dealkylation sites (N-methyl/N-ethyl adjacent to an activating group) is 1. The fourth-order valence-electron chi connectivity index (χ4n) is 2.87. The molecule has 3 rings (SSSR count). The SMILES string of the molecule is CCN(CCn1cccn1)C(=O)c1ccc(-c2nccnc2N(C)C)cc1. The molecule has 0 bridgehead atoms. The van der Waals surface area contributed by atoms with Gasteiger partial charge in [-0.05, 0) is 25.1 Å². The van der Waals surface area contributed by atoms with E-state index in [1.807, 2.05) is 72.0 Å². The van der Waals surface area contributed by atoms with Gasteiger partial charge in [-0.2, -0.15) is 5.10 Å². The molecule has 0 aliphatic carbocycles. The van der Waals surface area contributed by atoms with Gasteiger partial charge in [-0.25, -0.2) is 4.98 Å². The molecule has 3 aromatic rings. The molecule has 7 nitrogen and oxygen atoms in total. The molecule has 7 heteroatoms. The molecule has 1 aromatic carbocycles. The van der Waals surface area contributed by atoms with Crippen LogP contribution in [0, 0.1) is 0 Å². The molecule has 2 aromatic heterocycles. The molecule has 0 unspecified atom stereocenters. The van der Waals surface area contributed by atoms with Crippen molar-refractivity contribution in [2.24, 2.45) is 0 Å². The Morgan fingerprint density at radius 3 is 2.44 bits per heavy atom. The van der Waals surface area contributed by atoms with Crippen LogP contribution in [-0.4, -0.2) is 57.7 Å². The fourth-order valence-corrected chi connectivity index (χ4v) is 2.87. The first-order chi connectivity index (χ1) is 13.1. The molecule has 1 amide bonds. The number of anilines is 1. The van der Waals surface area contributed by atoms with E-state index in [1.165, 1.54) is 0 Å². The van der Waals surface area contributed by atoms with Crippen LogP contribution < -0.4 is 4.90 Å². The maximum absolute atomic E-state index is 12.8. The van der Waals surface area contributed by atoms with Gasteiger partial charge in [0.25, 0.3) is 5.91 Å². The minimum absolute atomic E-state index is 0.0168. The summed E-state index contributed by atoms with van der Waals surface area (Å²) in [5.41, 5.74) is 2.40. The van der Waals surface area contributed by atoms with E-state index in [0.29, 0.717) is 25.2 Å². The Morgan fingerprint density at radius 1 is 1.07 bits per heavy atom. The molecule has 140 valence electrons. The molecule has 0 fully saturated rings. The van der Waals surface area contributed by atoms with Crippen LogP contribution in [0.2, 0.25) is 0 Å². The molecule has 0 aliphatic rings. The first kappa shape index (κ1) is 18.6. The average molecular weight is 364 g/mol. The number of rotatable bonds is 7. The second-order valence-electron chi connectivity index (χ2n) is 6.35. The van der Waals surface area contributed by atoms with Crippen LogP contribution in [0.4, 0.5) is 5.82 Å². The van der Waals surface area contributed by atoms with Crippen molar-refractivity contribution in [2.75, 3.05) is 32.1 Å². The predicted octanol–water partition coefficient (Wildman–Crippen LogP) is 2.57. The normalized spacial score (nSPS) is 10.6. The van der Waals surface area contributed by atoms with E-state index in [4.69, 9.17) is 0 Å². The van der Waals surface area contributed by atoms with Crippen LogP contribution >= 0.6 is 0 Å². The molecule has 0 radical (unpaired) electrons. The zero-order valence-electron chi connectivity index (χ0n) is 15.9. The van der Waals surface area contributed by atoms with E-state index in [-0.39, 0.29) is 5.91 Å². The number of hydrogen-bond acceptors (Lipinski definition) is 5. The van der Waals surface area contributed by atoms with Gasteiger partial charge in [0.05, 0.1) is 6.54 Å². The van der Waals surface area contributed by atoms with Crippen LogP contribution in [0.25, 0.3) is 11.3 Å². The third-order valence-corrected chi connectivity index (χ3v) is 4.33. The van der Waals surface area contributed by atoms with E-state index in [1.54, 1.807) is 18.6 Å². The van der Waals surface area contributed by atoms with E-state index < -0.39 is 0 Å². The summed E-state index contributed by atoms with van der Waals surface area (Å²) >= 11 is 0. The largest absolute Gasteiger partial charge is 0.361 e. The van der Waals surface area contributed by atoms with Crippen LogP contribution in [-0.2, 0) is 6.54 Å². The first-order valence-corrected chi connectivity index (χ1v) is 8.95. The van der Waals surface area contributed by atoms with E-state index in [9.17, 15) is 4.79 Å². The number of benzene rings is 1. The summed E-state index contributed by atoms with van der Waals surface area (Å²) in [6, 6.07) is 9.42. The molecule has 2 heterocycles. The maximum Gasteiger partial charge on any atom is 0.253 e. The zero-order chi connectivity index (χ0) is 19.2. The second kappa shape index (κ2) is 8.44. The second-order valence-corrected chi connectivity index (χ2v) is 6.35. The van der Waals surface area contributed by atoms with Gasteiger partial charge < -0.3 is 9.80 Å². The van der Waals surface area contributed by atoms with Gasteiger partial charge in [0.15, 0.2) is 5.82 Å². The summed E-state index contributed by atoms with van der Waals surface area (Å²) in [5, 5.41) is 4.18. The number of carbonyl (C=O) groups is 1. The van der Waals surface area contributed by atoms with E-state index >= 15 is 0 Å². The van der Waals surface area contributed by atoms with Crippen LogP contribution in [0.5, 0.6) is 0 Å². The van der Waals surface area contributed by atoms with Crippen LogP contribution in [0.3, 0.4) is 0 Å². The number of aromatic nitrogens is 4. The standard InChI is InChI=1S/C20H24N6O/c1-4-25(14-15-26-13-5-10-23-26)20(27)17-8-6-16(7-9-17)18-19(24(2)3)22-12-11-21-18/h5-13H,4,14-15H2,1-3H3. The van der Waals surface area contributed by atoms with Crippen molar-refractivity contribution >= 4 is 11.7 Å².